The lowest BCUT2D eigenvalue weighted by Gasteiger charge is -2.09. The van der Waals surface area contributed by atoms with Crippen molar-refractivity contribution in [1.82, 2.24) is 0 Å². The van der Waals surface area contributed by atoms with Gasteiger partial charge in [0.25, 0.3) is 0 Å². The smallest absolute Gasteiger partial charge is 0.201 e. The summed E-state index contributed by atoms with van der Waals surface area (Å²) in [4.78, 5) is 10.7. The molecule has 0 saturated carbocycles. The third-order valence-corrected chi connectivity index (χ3v) is 1.88. The highest BCUT2D eigenvalue weighted by molar-refractivity contribution is 5.83. The van der Waals surface area contributed by atoms with Crippen LogP contribution in [0.2, 0.25) is 0 Å². The van der Waals surface area contributed by atoms with E-state index >= 15 is 0 Å². The lowest BCUT2D eigenvalue weighted by Crippen LogP contribution is -1.97. The molecule has 1 rings (SSSR count). The molecule has 1 aromatic carbocycles. The average Bonchev–Trinajstić information content (AvgIpc) is 2.27. The van der Waals surface area contributed by atoms with Gasteiger partial charge < -0.3 is 14.6 Å². The molecule has 80 valence electrons. The molecule has 15 heavy (non-hydrogen) atoms. The molecular formula is C11H12O4. The molecule has 0 amide bonds. The van der Waals surface area contributed by atoms with Gasteiger partial charge in [-0.3, -0.25) is 4.79 Å². The van der Waals surface area contributed by atoms with Crippen LogP contribution >= 0.6 is 0 Å². The molecule has 0 aromatic heterocycles. The van der Waals surface area contributed by atoms with Gasteiger partial charge in [-0.2, -0.15) is 0 Å². The van der Waals surface area contributed by atoms with Gasteiger partial charge in [0, 0.05) is 5.56 Å². The van der Waals surface area contributed by atoms with Gasteiger partial charge >= 0.3 is 0 Å². The molecule has 0 fully saturated rings. The quantitative estimate of drug-likeness (QED) is 0.463. The summed E-state index contributed by atoms with van der Waals surface area (Å²) in [6.07, 6.45) is 0.575. The normalized spacial score (nSPS) is 11.6. The molecule has 0 aliphatic rings. The zero-order chi connectivity index (χ0) is 11.3. The summed E-state index contributed by atoms with van der Waals surface area (Å²) >= 11 is 0. The number of phenolic OH excluding ortho intramolecular Hbond substituents is 1. The molecule has 4 nitrogen and oxygen atoms in total. The van der Waals surface area contributed by atoms with Crippen LogP contribution in [0.3, 0.4) is 0 Å². The topological polar surface area (TPSA) is 55.8 Å². The first-order chi connectivity index (χ1) is 7.22. The van der Waals surface area contributed by atoms with E-state index in [2.05, 4.69) is 0 Å². The van der Waals surface area contributed by atoms with Crippen LogP contribution in [0.15, 0.2) is 30.0 Å². The molecular weight excluding hydrogens is 196 g/mol. The van der Waals surface area contributed by atoms with Crippen molar-refractivity contribution in [3.63, 3.8) is 0 Å². The van der Waals surface area contributed by atoms with Crippen LogP contribution in [-0.4, -0.2) is 25.6 Å². The Bertz CT molecular complexity index is 365. The van der Waals surface area contributed by atoms with Crippen LogP contribution in [-0.2, 0) is 14.3 Å². The van der Waals surface area contributed by atoms with E-state index in [4.69, 9.17) is 14.6 Å². The third-order valence-electron chi connectivity index (χ3n) is 1.88. The number of aromatic hydroxyl groups is 1. The largest absolute Gasteiger partial charge is 0.508 e. The second-order valence-electron chi connectivity index (χ2n) is 2.77. The maximum Gasteiger partial charge on any atom is 0.201 e. The van der Waals surface area contributed by atoms with Crippen molar-refractivity contribution in [2.75, 3.05) is 14.2 Å². The average molecular weight is 208 g/mol. The van der Waals surface area contributed by atoms with Crippen LogP contribution in [0.1, 0.15) is 5.56 Å². The number of ether oxygens (including phenoxy) is 2. The van der Waals surface area contributed by atoms with Gasteiger partial charge in [-0.25, -0.2) is 0 Å². The van der Waals surface area contributed by atoms with Crippen molar-refractivity contribution in [2.24, 2.45) is 0 Å². The summed E-state index contributed by atoms with van der Waals surface area (Å²) in [5.74, 6) is 0.606. The summed E-state index contributed by atoms with van der Waals surface area (Å²) in [7, 11) is 2.84. The van der Waals surface area contributed by atoms with Crippen molar-refractivity contribution in [3.8, 4) is 5.75 Å². The van der Waals surface area contributed by atoms with Crippen LogP contribution in [0, 0.1) is 0 Å². The van der Waals surface area contributed by atoms with E-state index in [0.717, 1.165) is 0 Å². The minimum absolute atomic E-state index is 0.114. The predicted molar refractivity (Wildman–Crippen MR) is 55.1 cm³/mol. The highest BCUT2D eigenvalue weighted by Gasteiger charge is 2.09. The fourth-order valence-electron chi connectivity index (χ4n) is 1.17. The standard InChI is InChI=1S/C11H12O4/c1-14-10(7-12)11(15-2)8-3-5-9(13)6-4-8/h3-7,13H,1-2H3. The van der Waals surface area contributed by atoms with E-state index in [1.807, 2.05) is 0 Å². The minimum atomic E-state index is 0.114. The fraction of sp³-hybridized carbons (Fsp3) is 0.182. The molecule has 0 spiro atoms. The molecule has 1 N–H and O–H groups in total. The number of rotatable bonds is 4. The summed E-state index contributed by atoms with van der Waals surface area (Å²) in [6.45, 7) is 0. The van der Waals surface area contributed by atoms with Crippen molar-refractivity contribution in [3.05, 3.63) is 35.6 Å². The molecule has 0 unspecified atom stereocenters. The highest BCUT2D eigenvalue weighted by atomic mass is 16.5. The molecule has 0 saturated heterocycles. The number of allylic oxidation sites excluding steroid dienone is 1. The summed E-state index contributed by atoms with van der Waals surface area (Å²) in [5.41, 5.74) is 0.666. The van der Waals surface area contributed by atoms with E-state index in [1.165, 1.54) is 26.4 Å². The third kappa shape index (κ3) is 2.49. The molecule has 1 aromatic rings. The Hall–Kier alpha value is -1.97. The molecule has 0 aliphatic carbocycles. The van der Waals surface area contributed by atoms with Gasteiger partial charge in [0.1, 0.15) is 5.75 Å². The Labute approximate surface area is 87.7 Å². The second kappa shape index (κ2) is 5.05. The van der Waals surface area contributed by atoms with Crippen LogP contribution < -0.4 is 0 Å². The van der Waals surface area contributed by atoms with Crippen LogP contribution in [0.25, 0.3) is 5.76 Å². The maximum atomic E-state index is 10.7. The number of phenols is 1. The Morgan fingerprint density at radius 1 is 1.20 bits per heavy atom. The number of hydrogen-bond acceptors (Lipinski definition) is 4. The van der Waals surface area contributed by atoms with Crippen molar-refractivity contribution in [1.29, 1.82) is 0 Å². The van der Waals surface area contributed by atoms with Gasteiger partial charge in [0.2, 0.25) is 5.76 Å². The Balaban J connectivity index is 3.17. The number of aldehydes is 1. The van der Waals surface area contributed by atoms with Gasteiger partial charge in [-0.1, -0.05) is 0 Å². The van der Waals surface area contributed by atoms with Gasteiger partial charge in [0.15, 0.2) is 12.0 Å². The van der Waals surface area contributed by atoms with E-state index < -0.39 is 0 Å². The molecule has 0 bridgehead atoms. The van der Waals surface area contributed by atoms with Crippen molar-refractivity contribution in [2.45, 2.75) is 0 Å². The van der Waals surface area contributed by atoms with Crippen LogP contribution in [0.4, 0.5) is 0 Å². The van der Waals surface area contributed by atoms with Crippen molar-refractivity contribution >= 4 is 12.0 Å². The molecule has 0 aliphatic heterocycles. The first-order valence-corrected chi connectivity index (χ1v) is 4.29. The number of carbonyl (C=O) groups is 1. The Morgan fingerprint density at radius 3 is 2.20 bits per heavy atom. The molecule has 0 radical (unpaired) electrons. The summed E-state index contributed by atoms with van der Waals surface area (Å²) in [6, 6.07) is 6.28. The first-order valence-electron chi connectivity index (χ1n) is 4.29. The van der Waals surface area contributed by atoms with E-state index in [1.54, 1.807) is 12.1 Å². The lowest BCUT2D eigenvalue weighted by atomic mass is 10.1. The Morgan fingerprint density at radius 2 is 1.80 bits per heavy atom. The molecule has 4 heteroatoms. The van der Waals surface area contributed by atoms with Crippen molar-refractivity contribution < 1.29 is 19.4 Å². The molecule has 0 heterocycles. The Kier molecular flexibility index (Phi) is 3.74. The van der Waals surface area contributed by atoms with Gasteiger partial charge in [-0.15, -0.1) is 0 Å². The SMILES string of the molecule is COC(C=O)=C(OC)c1ccc(O)cc1. The predicted octanol–water partition coefficient (Wildman–Crippen LogP) is 1.55. The monoisotopic (exact) mass is 208 g/mol. The number of methoxy groups -OCH3 is 2. The number of hydrogen-bond donors (Lipinski definition) is 1. The summed E-state index contributed by atoms with van der Waals surface area (Å²) < 4.78 is 9.92. The fourth-order valence-corrected chi connectivity index (χ4v) is 1.17. The summed E-state index contributed by atoms with van der Waals surface area (Å²) in [5, 5.41) is 9.11. The first kappa shape index (κ1) is 11.1. The maximum absolute atomic E-state index is 10.7. The van der Waals surface area contributed by atoms with Gasteiger partial charge in [0.05, 0.1) is 14.2 Å². The van der Waals surface area contributed by atoms with Crippen LogP contribution in [0.5, 0.6) is 5.75 Å². The highest BCUT2D eigenvalue weighted by Crippen LogP contribution is 2.21. The minimum Gasteiger partial charge on any atom is -0.508 e. The number of carbonyl (C=O) groups excluding carboxylic acids is 1. The number of benzene rings is 1. The zero-order valence-corrected chi connectivity index (χ0v) is 8.56. The van der Waals surface area contributed by atoms with Gasteiger partial charge in [-0.05, 0) is 24.3 Å². The van der Waals surface area contributed by atoms with E-state index in [0.29, 0.717) is 17.6 Å². The van der Waals surface area contributed by atoms with E-state index in [-0.39, 0.29) is 11.5 Å². The zero-order valence-electron chi connectivity index (χ0n) is 8.56. The lowest BCUT2D eigenvalue weighted by molar-refractivity contribution is -0.107. The second-order valence-corrected chi connectivity index (χ2v) is 2.77. The van der Waals surface area contributed by atoms with E-state index in [9.17, 15) is 4.79 Å². The molecule has 0 atom stereocenters.